The number of hydrogen-bond donors (Lipinski definition) is 0. The third-order valence-corrected chi connectivity index (χ3v) is 2.98. The quantitative estimate of drug-likeness (QED) is 0.558. The zero-order chi connectivity index (χ0) is 9.47. The normalized spacial score (nSPS) is 24.7. The monoisotopic (exact) mass is 183 g/mol. The van der Waals surface area contributed by atoms with E-state index in [0.717, 1.165) is 12.8 Å². The molecule has 2 fully saturated rings. The lowest BCUT2D eigenvalue weighted by Gasteiger charge is -2.30. The summed E-state index contributed by atoms with van der Waals surface area (Å²) in [6.07, 6.45) is 2.08. The predicted octanol–water partition coefficient (Wildman–Crippen LogP) is 0.808. The van der Waals surface area contributed by atoms with Crippen molar-refractivity contribution in [1.29, 1.82) is 0 Å². The number of ketones is 1. The van der Waals surface area contributed by atoms with Gasteiger partial charge in [0.05, 0.1) is 7.11 Å². The molecule has 0 aromatic heterocycles. The Kier molecular flexibility index (Phi) is 1.78. The first-order valence-corrected chi connectivity index (χ1v) is 4.54. The van der Waals surface area contributed by atoms with E-state index in [9.17, 15) is 9.59 Å². The highest BCUT2D eigenvalue weighted by Crippen LogP contribution is 2.49. The molecule has 1 saturated carbocycles. The summed E-state index contributed by atoms with van der Waals surface area (Å²) < 4.78 is 4.62. The molecule has 1 heterocycles. The molecular weight excluding hydrogens is 170 g/mol. The van der Waals surface area contributed by atoms with Crippen molar-refractivity contribution in [2.24, 2.45) is 5.41 Å². The minimum Gasteiger partial charge on any atom is -0.453 e. The van der Waals surface area contributed by atoms with Gasteiger partial charge in [-0.25, -0.2) is 4.79 Å². The number of amides is 1. The molecule has 2 rings (SSSR count). The van der Waals surface area contributed by atoms with Gasteiger partial charge in [0.15, 0.2) is 0 Å². The van der Waals surface area contributed by atoms with Crippen molar-refractivity contribution in [2.75, 3.05) is 20.2 Å². The minimum atomic E-state index is -0.307. The molecule has 0 radical (unpaired) electrons. The van der Waals surface area contributed by atoms with Gasteiger partial charge in [0, 0.05) is 24.9 Å². The van der Waals surface area contributed by atoms with Gasteiger partial charge < -0.3 is 9.64 Å². The second kappa shape index (κ2) is 2.72. The van der Waals surface area contributed by atoms with Gasteiger partial charge >= 0.3 is 6.09 Å². The summed E-state index contributed by atoms with van der Waals surface area (Å²) in [6, 6.07) is 0. The maximum atomic E-state index is 11.5. The lowest BCUT2D eigenvalue weighted by atomic mass is 9.94. The van der Waals surface area contributed by atoms with Crippen LogP contribution in [-0.2, 0) is 9.53 Å². The highest BCUT2D eigenvalue weighted by atomic mass is 16.5. The summed E-state index contributed by atoms with van der Waals surface area (Å²) in [4.78, 5) is 24.3. The Balaban J connectivity index is 2.03. The number of rotatable bonds is 0. The van der Waals surface area contributed by atoms with E-state index in [1.807, 2.05) is 0 Å². The summed E-state index contributed by atoms with van der Waals surface area (Å²) >= 11 is 0. The molecule has 2 aliphatic rings. The van der Waals surface area contributed by atoms with Gasteiger partial charge in [-0.3, -0.25) is 4.79 Å². The first-order valence-electron chi connectivity index (χ1n) is 4.54. The molecule has 1 spiro atoms. The molecule has 1 aliphatic carbocycles. The van der Waals surface area contributed by atoms with Crippen molar-refractivity contribution >= 4 is 11.9 Å². The van der Waals surface area contributed by atoms with Crippen LogP contribution in [0.3, 0.4) is 0 Å². The van der Waals surface area contributed by atoms with Gasteiger partial charge in [-0.15, -0.1) is 0 Å². The Morgan fingerprint density at radius 3 is 2.77 bits per heavy atom. The molecule has 1 saturated heterocycles. The number of Topliss-reactive ketones (excluding diaryl/α,β-unsaturated/α-hetero) is 1. The number of piperidine rings is 1. The van der Waals surface area contributed by atoms with Crippen LogP contribution in [0.4, 0.5) is 4.79 Å². The number of likely N-dealkylation sites (tertiary alicyclic amines) is 1. The second-order valence-electron chi connectivity index (χ2n) is 3.85. The molecule has 72 valence electrons. The van der Waals surface area contributed by atoms with Crippen molar-refractivity contribution in [3.63, 3.8) is 0 Å². The van der Waals surface area contributed by atoms with E-state index in [4.69, 9.17) is 0 Å². The fourth-order valence-electron chi connectivity index (χ4n) is 1.91. The Morgan fingerprint density at radius 2 is 2.23 bits per heavy atom. The van der Waals surface area contributed by atoms with Crippen molar-refractivity contribution < 1.29 is 14.3 Å². The molecular formula is C9H13NO3. The smallest absolute Gasteiger partial charge is 0.409 e. The highest BCUT2D eigenvalue weighted by molar-refractivity contribution is 5.89. The molecule has 0 bridgehead atoms. The average Bonchev–Trinajstić information content (AvgIpc) is 2.90. The van der Waals surface area contributed by atoms with E-state index < -0.39 is 0 Å². The zero-order valence-electron chi connectivity index (χ0n) is 7.71. The summed E-state index contributed by atoms with van der Waals surface area (Å²) in [5.41, 5.74) is -0.174. The molecule has 1 amide bonds. The van der Waals surface area contributed by atoms with E-state index in [1.165, 1.54) is 7.11 Å². The van der Waals surface area contributed by atoms with E-state index in [2.05, 4.69) is 4.74 Å². The van der Waals surface area contributed by atoms with Crippen LogP contribution in [0.5, 0.6) is 0 Å². The van der Waals surface area contributed by atoms with Gasteiger partial charge in [0.2, 0.25) is 0 Å². The fraction of sp³-hybridized carbons (Fsp3) is 0.778. The van der Waals surface area contributed by atoms with Gasteiger partial charge in [0.1, 0.15) is 5.78 Å². The van der Waals surface area contributed by atoms with Crippen LogP contribution in [0.25, 0.3) is 0 Å². The summed E-state index contributed by atoms with van der Waals surface area (Å²) in [6.45, 7) is 1.09. The van der Waals surface area contributed by atoms with Crippen LogP contribution < -0.4 is 0 Å². The van der Waals surface area contributed by atoms with Gasteiger partial charge in [-0.1, -0.05) is 0 Å². The first-order chi connectivity index (χ1) is 6.18. The number of carbonyl (C=O) groups excluding carboxylic acids is 2. The zero-order valence-corrected chi connectivity index (χ0v) is 7.71. The molecule has 13 heavy (non-hydrogen) atoms. The van der Waals surface area contributed by atoms with E-state index in [1.54, 1.807) is 4.90 Å². The Labute approximate surface area is 76.8 Å². The number of carbonyl (C=O) groups is 2. The lowest BCUT2D eigenvalue weighted by Crippen LogP contribution is -2.45. The van der Waals surface area contributed by atoms with Crippen LogP contribution in [-0.4, -0.2) is 37.0 Å². The standard InChI is InChI=1S/C9H13NO3/c1-13-8(12)10-5-2-7(11)9(6-10)3-4-9/h2-6H2,1H3. The summed E-state index contributed by atoms with van der Waals surface area (Å²) in [5, 5.41) is 0. The number of nitrogens with zero attached hydrogens (tertiary/aromatic N) is 1. The average molecular weight is 183 g/mol. The Hall–Kier alpha value is -1.06. The molecule has 0 unspecified atom stereocenters. The number of hydrogen-bond acceptors (Lipinski definition) is 3. The molecule has 0 atom stereocenters. The van der Waals surface area contributed by atoms with Crippen LogP contribution in [0.1, 0.15) is 19.3 Å². The van der Waals surface area contributed by atoms with Crippen LogP contribution in [0.15, 0.2) is 0 Å². The molecule has 0 aromatic carbocycles. The number of methoxy groups -OCH3 is 1. The number of ether oxygens (including phenoxy) is 1. The molecule has 1 aliphatic heterocycles. The third kappa shape index (κ3) is 1.30. The Morgan fingerprint density at radius 1 is 1.54 bits per heavy atom. The first kappa shape index (κ1) is 8.53. The SMILES string of the molecule is COC(=O)N1CCC(=O)C2(CC2)C1. The van der Waals surface area contributed by atoms with Crippen LogP contribution in [0, 0.1) is 5.41 Å². The van der Waals surface area contributed by atoms with Crippen LogP contribution in [0.2, 0.25) is 0 Å². The second-order valence-corrected chi connectivity index (χ2v) is 3.85. The van der Waals surface area contributed by atoms with Gasteiger partial charge in [-0.2, -0.15) is 0 Å². The van der Waals surface area contributed by atoms with E-state index in [-0.39, 0.29) is 11.5 Å². The maximum Gasteiger partial charge on any atom is 0.409 e. The lowest BCUT2D eigenvalue weighted by molar-refractivity contribution is -0.127. The molecule has 0 N–H and O–H groups in total. The van der Waals surface area contributed by atoms with Crippen molar-refractivity contribution in [1.82, 2.24) is 4.90 Å². The van der Waals surface area contributed by atoms with Gasteiger partial charge in [0.25, 0.3) is 0 Å². The molecule has 4 heteroatoms. The van der Waals surface area contributed by atoms with Crippen molar-refractivity contribution in [3.8, 4) is 0 Å². The summed E-state index contributed by atoms with van der Waals surface area (Å²) in [5.74, 6) is 0.327. The summed E-state index contributed by atoms with van der Waals surface area (Å²) in [7, 11) is 1.37. The van der Waals surface area contributed by atoms with Gasteiger partial charge in [-0.05, 0) is 12.8 Å². The Bertz CT molecular complexity index is 258. The fourth-order valence-corrected chi connectivity index (χ4v) is 1.91. The topological polar surface area (TPSA) is 46.6 Å². The minimum absolute atomic E-state index is 0.174. The largest absolute Gasteiger partial charge is 0.453 e. The highest BCUT2D eigenvalue weighted by Gasteiger charge is 2.53. The van der Waals surface area contributed by atoms with E-state index in [0.29, 0.717) is 25.3 Å². The maximum absolute atomic E-state index is 11.5. The van der Waals surface area contributed by atoms with Crippen LogP contribution >= 0.6 is 0 Å². The predicted molar refractivity (Wildman–Crippen MR) is 45.3 cm³/mol. The van der Waals surface area contributed by atoms with Crippen molar-refractivity contribution in [2.45, 2.75) is 19.3 Å². The van der Waals surface area contributed by atoms with Crippen molar-refractivity contribution in [3.05, 3.63) is 0 Å². The molecule has 0 aromatic rings. The van der Waals surface area contributed by atoms with E-state index >= 15 is 0 Å². The third-order valence-electron chi connectivity index (χ3n) is 2.98. The molecule has 4 nitrogen and oxygen atoms in total.